The van der Waals surface area contributed by atoms with E-state index in [1.165, 1.54) is 5.56 Å². The van der Waals surface area contributed by atoms with E-state index in [0.29, 0.717) is 5.92 Å². The van der Waals surface area contributed by atoms with E-state index in [0.717, 1.165) is 12.0 Å². The summed E-state index contributed by atoms with van der Waals surface area (Å²) in [6.45, 7) is 6.32. The fourth-order valence-electron chi connectivity index (χ4n) is 1.54. The van der Waals surface area contributed by atoms with Gasteiger partial charge in [0.1, 0.15) is 0 Å². The third kappa shape index (κ3) is 2.35. The number of rotatable bonds is 3. The largest absolute Gasteiger partial charge is 0.198 e. The van der Waals surface area contributed by atoms with E-state index in [9.17, 15) is 0 Å². The van der Waals surface area contributed by atoms with Gasteiger partial charge in [-0.05, 0) is 18.4 Å². The SMILES string of the molecule is CCC(C)C(C#N)c1ccc(C)cc1. The molecule has 0 fully saturated rings. The van der Waals surface area contributed by atoms with E-state index < -0.39 is 0 Å². The van der Waals surface area contributed by atoms with Crippen molar-refractivity contribution in [2.45, 2.75) is 33.1 Å². The standard InChI is InChI=1S/C13H17N/c1-4-11(3)13(9-14)12-7-5-10(2)6-8-12/h5-8,11,13H,4H2,1-3H3. The minimum Gasteiger partial charge on any atom is -0.198 e. The monoisotopic (exact) mass is 187 g/mol. The smallest absolute Gasteiger partial charge is 0.0738 e. The third-order valence-corrected chi connectivity index (χ3v) is 2.79. The molecule has 0 bridgehead atoms. The average Bonchev–Trinajstić information content (AvgIpc) is 2.21. The van der Waals surface area contributed by atoms with Gasteiger partial charge in [-0.15, -0.1) is 0 Å². The maximum atomic E-state index is 9.10. The Morgan fingerprint density at radius 2 is 1.86 bits per heavy atom. The molecule has 1 rings (SSSR count). The summed E-state index contributed by atoms with van der Waals surface area (Å²) in [7, 11) is 0. The maximum absolute atomic E-state index is 9.10. The molecule has 0 saturated carbocycles. The van der Waals surface area contributed by atoms with Crippen molar-refractivity contribution in [1.82, 2.24) is 0 Å². The van der Waals surface area contributed by atoms with E-state index in [1.807, 2.05) is 0 Å². The minimum atomic E-state index is 0.0422. The number of nitrogens with zero attached hydrogens (tertiary/aromatic N) is 1. The zero-order valence-corrected chi connectivity index (χ0v) is 9.12. The zero-order chi connectivity index (χ0) is 10.6. The van der Waals surface area contributed by atoms with Gasteiger partial charge in [-0.3, -0.25) is 0 Å². The van der Waals surface area contributed by atoms with Crippen LogP contribution in [0.25, 0.3) is 0 Å². The molecule has 0 aliphatic rings. The minimum absolute atomic E-state index is 0.0422. The molecule has 0 aliphatic heterocycles. The first-order valence-corrected chi connectivity index (χ1v) is 5.15. The summed E-state index contributed by atoms with van der Waals surface area (Å²) >= 11 is 0. The normalized spacial score (nSPS) is 14.4. The lowest BCUT2D eigenvalue weighted by molar-refractivity contribution is 0.514. The molecule has 1 aromatic rings. The Kier molecular flexibility index (Phi) is 3.71. The van der Waals surface area contributed by atoms with Crippen LogP contribution in [-0.4, -0.2) is 0 Å². The Morgan fingerprint density at radius 3 is 2.29 bits per heavy atom. The lowest BCUT2D eigenvalue weighted by Gasteiger charge is -2.15. The highest BCUT2D eigenvalue weighted by molar-refractivity contribution is 5.28. The quantitative estimate of drug-likeness (QED) is 0.708. The van der Waals surface area contributed by atoms with Gasteiger partial charge in [0.05, 0.1) is 12.0 Å². The molecule has 0 aliphatic carbocycles. The van der Waals surface area contributed by atoms with Crippen LogP contribution in [0.4, 0.5) is 0 Å². The molecule has 0 saturated heterocycles. The first-order valence-electron chi connectivity index (χ1n) is 5.15. The molecule has 0 N–H and O–H groups in total. The molecule has 0 amide bonds. The highest BCUT2D eigenvalue weighted by Crippen LogP contribution is 2.26. The molecule has 14 heavy (non-hydrogen) atoms. The highest BCUT2D eigenvalue weighted by atomic mass is 14.3. The summed E-state index contributed by atoms with van der Waals surface area (Å²) in [6, 6.07) is 10.7. The van der Waals surface area contributed by atoms with Gasteiger partial charge in [0, 0.05) is 0 Å². The van der Waals surface area contributed by atoms with Crippen LogP contribution < -0.4 is 0 Å². The molecule has 0 aromatic heterocycles. The first kappa shape index (κ1) is 10.8. The predicted octanol–water partition coefficient (Wildman–Crippen LogP) is 3.65. The molecule has 1 heteroatoms. The van der Waals surface area contributed by atoms with Crippen LogP contribution in [0.15, 0.2) is 24.3 Å². The van der Waals surface area contributed by atoms with Crippen LogP contribution in [0.2, 0.25) is 0 Å². The van der Waals surface area contributed by atoms with Gasteiger partial charge >= 0.3 is 0 Å². The van der Waals surface area contributed by atoms with Gasteiger partial charge in [-0.25, -0.2) is 0 Å². The zero-order valence-electron chi connectivity index (χ0n) is 9.12. The van der Waals surface area contributed by atoms with Crippen LogP contribution in [0.1, 0.15) is 37.3 Å². The molecule has 0 spiro atoms. The van der Waals surface area contributed by atoms with E-state index in [2.05, 4.69) is 51.1 Å². The maximum Gasteiger partial charge on any atom is 0.0738 e. The van der Waals surface area contributed by atoms with Crippen molar-refractivity contribution in [2.75, 3.05) is 0 Å². The van der Waals surface area contributed by atoms with Gasteiger partial charge in [0.25, 0.3) is 0 Å². The van der Waals surface area contributed by atoms with Crippen LogP contribution >= 0.6 is 0 Å². The molecular weight excluding hydrogens is 170 g/mol. The van der Waals surface area contributed by atoms with Gasteiger partial charge in [-0.1, -0.05) is 50.1 Å². The number of nitriles is 1. The first-order chi connectivity index (χ1) is 6.69. The third-order valence-electron chi connectivity index (χ3n) is 2.79. The molecule has 2 atom stereocenters. The number of benzene rings is 1. The van der Waals surface area contributed by atoms with Gasteiger partial charge in [0.2, 0.25) is 0 Å². The predicted molar refractivity (Wildman–Crippen MR) is 59.0 cm³/mol. The Bertz CT molecular complexity index is 318. The Morgan fingerprint density at radius 1 is 1.29 bits per heavy atom. The Balaban J connectivity index is 2.91. The van der Waals surface area contributed by atoms with Crippen molar-refractivity contribution >= 4 is 0 Å². The topological polar surface area (TPSA) is 23.8 Å². The number of hydrogen-bond acceptors (Lipinski definition) is 1. The molecule has 1 aromatic carbocycles. The van der Waals surface area contributed by atoms with Crippen molar-refractivity contribution in [3.8, 4) is 6.07 Å². The summed E-state index contributed by atoms with van der Waals surface area (Å²) in [6.07, 6.45) is 1.05. The number of hydrogen-bond donors (Lipinski definition) is 0. The van der Waals surface area contributed by atoms with Gasteiger partial charge in [-0.2, -0.15) is 5.26 Å². The summed E-state index contributed by atoms with van der Waals surface area (Å²) in [5.74, 6) is 0.475. The molecule has 74 valence electrons. The molecule has 2 unspecified atom stereocenters. The van der Waals surface area contributed by atoms with Gasteiger partial charge < -0.3 is 0 Å². The molecular formula is C13H17N. The summed E-state index contributed by atoms with van der Waals surface area (Å²) in [4.78, 5) is 0. The van der Waals surface area contributed by atoms with Crippen molar-refractivity contribution < 1.29 is 0 Å². The van der Waals surface area contributed by atoms with Crippen LogP contribution in [0.5, 0.6) is 0 Å². The van der Waals surface area contributed by atoms with Crippen LogP contribution in [0, 0.1) is 24.2 Å². The van der Waals surface area contributed by atoms with E-state index in [1.54, 1.807) is 0 Å². The van der Waals surface area contributed by atoms with Crippen molar-refractivity contribution in [1.29, 1.82) is 5.26 Å². The Labute approximate surface area is 86.4 Å². The van der Waals surface area contributed by atoms with E-state index in [-0.39, 0.29) is 5.92 Å². The van der Waals surface area contributed by atoms with Gasteiger partial charge in [0.15, 0.2) is 0 Å². The summed E-state index contributed by atoms with van der Waals surface area (Å²) in [5, 5.41) is 9.10. The van der Waals surface area contributed by atoms with Crippen LogP contribution in [-0.2, 0) is 0 Å². The van der Waals surface area contributed by atoms with E-state index >= 15 is 0 Å². The second-order valence-corrected chi connectivity index (χ2v) is 3.90. The summed E-state index contributed by atoms with van der Waals surface area (Å²) < 4.78 is 0. The van der Waals surface area contributed by atoms with E-state index in [4.69, 9.17) is 5.26 Å². The lowest BCUT2D eigenvalue weighted by Crippen LogP contribution is -2.06. The molecule has 1 nitrogen and oxygen atoms in total. The second kappa shape index (κ2) is 4.81. The average molecular weight is 187 g/mol. The van der Waals surface area contributed by atoms with Crippen molar-refractivity contribution in [3.63, 3.8) is 0 Å². The molecule has 0 radical (unpaired) electrons. The fourth-order valence-corrected chi connectivity index (χ4v) is 1.54. The number of aryl methyl sites for hydroxylation is 1. The lowest BCUT2D eigenvalue weighted by atomic mass is 9.86. The van der Waals surface area contributed by atoms with Crippen molar-refractivity contribution in [3.05, 3.63) is 35.4 Å². The summed E-state index contributed by atoms with van der Waals surface area (Å²) in [5.41, 5.74) is 2.39. The highest BCUT2D eigenvalue weighted by Gasteiger charge is 2.16. The second-order valence-electron chi connectivity index (χ2n) is 3.90. The van der Waals surface area contributed by atoms with Crippen LogP contribution in [0.3, 0.4) is 0 Å². The van der Waals surface area contributed by atoms with Crippen molar-refractivity contribution in [2.24, 2.45) is 5.92 Å². The molecule has 0 heterocycles. The Hall–Kier alpha value is -1.29. The fraction of sp³-hybridized carbons (Fsp3) is 0.462.